The van der Waals surface area contributed by atoms with E-state index in [1.807, 2.05) is 4.90 Å². The van der Waals surface area contributed by atoms with Crippen LogP contribution < -0.4 is 20.1 Å². The number of anilines is 2. The van der Waals surface area contributed by atoms with Crippen LogP contribution in [0.15, 0.2) is 65.6 Å². The van der Waals surface area contributed by atoms with Crippen molar-refractivity contribution in [3.8, 4) is 22.6 Å². The average Bonchev–Trinajstić information content (AvgIpc) is 2.96. The molecule has 0 spiro atoms. The topological polar surface area (TPSA) is 111 Å². The number of rotatable bonds is 6. The lowest BCUT2D eigenvalue weighted by Gasteiger charge is -2.34. The summed E-state index contributed by atoms with van der Waals surface area (Å²) in [5.74, 6) is 1.66. The summed E-state index contributed by atoms with van der Waals surface area (Å²) in [6.45, 7) is 1.11. The third-order valence-electron chi connectivity index (χ3n) is 6.78. The highest BCUT2D eigenvalue weighted by molar-refractivity contribution is 7.89. The monoisotopic (exact) mass is 609 g/mol. The van der Waals surface area contributed by atoms with Crippen molar-refractivity contribution in [1.29, 1.82) is 0 Å². The third kappa shape index (κ3) is 5.97. The van der Waals surface area contributed by atoms with E-state index in [0.29, 0.717) is 52.6 Å². The Morgan fingerprint density at radius 1 is 0.829 bits per heavy atom. The van der Waals surface area contributed by atoms with E-state index >= 15 is 0 Å². The maximum absolute atomic E-state index is 13.3. The Bertz CT molecular complexity index is 1650. The van der Waals surface area contributed by atoms with Gasteiger partial charge in [-0.05, 0) is 41.5 Å². The molecule has 0 unspecified atom stereocenters. The van der Waals surface area contributed by atoms with E-state index in [4.69, 9.17) is 15.2 Å². The summed E-state index contributed by atoms with van der Waals surface area (Å²) in [5.41, 5.74) is 7.19. The van der Waals surface area contributed by atoms with Gasteiger partial charge in [0.2, 0.25) is 16.0 Å². The maximum Gasteiger partial charge on any atom is 0.416 e. The lowest BCUT2D eigenvalue weighted by molar-refractivity contribution is -0.137. The first kappa shape index (κ1) is 30.2. The van der Waals surface area contributed by atoms with Gasteiger partial charge in [0.05, 0.1) is 30.2 Å². The first-order valence-corrected chi connectivity index (χ1v) is 13.7. The molecule has 1 saturated heterocycles. The SMILES string of the molecule is COc1cc2nc(N3CCN(S(=O)(=O)c4ccc(-c5ccc(C(F)(F)F)cc5)cc4)CC3)nc(N)c2cc1OC.Cl. The normalized spacial score (nSPS) is 14.5. The van der Waals surface area contributed by atoms with Crippen LogP contribution in [0.25, 0.3) is 22.0 Å². The van der Waals surface area contributed by atoms with Crippen LogP contribution in [-0.2, 0) is 16.2 Å². The zero-order valence-electron chi connectivity index (χ0n) is 22.1. The highest BCUT2D eigenvalue weighted by Crippen LogP contribution is 2.35. The zero-order valence-corrected chi connectivity index (χ0v) is 23.7. The molecule has 2 heterocycles. The molecule has 0 aliphatic carbocycles. The standard InChI is InChI=1S/C27H26F3N5O4S.ClH/c1-38-23-15-21-22(16-24(23)39-2)32-26(33-25(21)31)34-11-13-35(14-12-34)40(36,37)20-9-5-18(6-10-20)17-3-7-19(8-4-17)27(28,29)30;/h3-10,15-16H,11-14H2,1-2H3,(H2,31,32,33);1H. The molecule has 0 amide bonds. The summed E-state index contributed by atoms with van der Waals surface area (Å²) in [4.78, 5) is 11.0. The Kier molecular flexibility index (Phi) is 8.52. The van der Waals surface area contributed by atoms with Crippen molar-refractivity contribution < 1.29 is 31.1 Å². The molecule has 1 aliphatic heterocycles. The summed E-state index contributed by atoms with van der Waals surface area (Å²) in [6.07, 6.45) is -4.42. The van der Waals surface area contributed by atoms with E-state index in [2.05, 4.69) is 9.97 Å². The molecule has 1 aliphatic rings. The van der Waals surface area contributed by atoms with Crippen molar-refractivity contribution >= 4 is 45.1 Å². The third-order valence-corrected chi connectivity index (χ3v) is 8.69. The minimum Gasteiger partial charge on any atom is -0.493 e. The molecule has 1 fully saturated rings. The van der Waals surface area contributed by atoms with Crippen molar-refractivity contribution in [1.82, 2.24) is 14.3 Å². The predicted molar refractivity (Wildman–Crippen MR) is 152 cm³/mol. The molecule has 5 rings (SSSR count). The number of halogens is 4. The number of nitrogens with zero attached hydrogens (tertiary/aromatic N) is 4. The number of fused-ring (bicyclic) bond motifs is 1. The molecule has 218 valence electrons. The molecular weight excluding hydrogens is 583 g/mol. The Labute approximate surface area is 241 Å². The van der Waals surface area contributed by atoms with Crippen LogP contribution in [-0.4, -0.2) is 63.1 Å². The molecule has 41 heavy (non-hydrogen) atoms. The van der Waals surface area contributed by atoms with Gasteiger partial charge in [-0.1, -0.05) is 24.3 Å². The molecule has 9 nitrogen and oxygen atoms in total. The van der Waals surface area contributed by atoms with Crippen LogP contribution in [0, 0.1) is 0 Å². The van der Waals surface area contributed by atoms with Crippen LogP contribution >= 0.6 is 12.4 Å². The number of benzene rings is 3. The van der Waals surface area contributed by atoms with Crippen LogP contribution in [0.3, 0.4) is 0 Å². The first-order chi connectivity index (χ1) is 19.0. The molecule has 2 N–H and O–H groups in total. The number of methoxy groups -OCH3 is 2. The summed E-state index contributed by atoms with van der Waals surface area (Å²) in [7, 11) is -0.741. The smallest absolute Gasteiger partial charge is 0.416 e. The zero-order chi connectivity index (χ0) is 28.7. The van der Waals surface area contributed by atoms with E-state index < -0.39 is 21.8 Å². The van der Waals surface area contributed by atoms with Crippen LogP contribution in [0.5, 0.6) is 11.5 Å². The van der Waals surface area contributed by atoms with Gasteiger partial charge in [-0.15, -0.1) is 12.4 Å². The second kappa shape index (κ2) is 11.6. The highest BCUT2D eigenvalue weighted by atomic mass is 35.5. The summed E-state index contributed by atoms with van der Waals surface area (Å²) in [6, 6.07) is 14.2. The number of alkyl halides is 3. The van der Waals surface area contributed by atoms with Gasteiger partial charge in [0.25, 0.3) is 0 Å². The quantitative estimate of drug-likeness (QED) is 0.330. The van der Waals surface area contributed by atoms with Gasteiger partial charge in [-0.2, -0.15) is 22.5 Å². The molecule has 0 radical (unpaired) electrons. The summed E-state index contributed by atoms with van der Waals surface area (Å²) in [5, 5.41) is 0.613. The van der Waals surface area contributed by atoms with E-state index in [0.717, 1.165) is 12.1 Å². The Hall–Kier alpha value is -3.81. The molecule has 1 aromatic heterocycles. The molecule has 0 saturated carbocycles. The molecular formula is C27H27ClF3N5O4S. The van der Waals surface area contributed by atoms with E-state index in [9.17, 15) is 21.6 Å². The number of ether oxygens (including phenoxy) is 2. The van der Waals surface area contributed by atoms with Gasteiger partial charge >= 0.3 is 6.18 Å². The van der Waals surface area contributed by atoms with Gasteiger partial charge in [-0.25, -0.2) is 13.4 Å². The van der Waals surface area contributed by atoms with Crippen molar-refractivity contribution in [2.75, 3.05) is 51.0 Å². The minimum absolute atomic E-state index is 0. The van der Waals surface area contributed by atoms with Crippen molar-refractivity contribution in [2.45, 2.75) is 11.1 Å². The minimum atomic E-state index is -4.42. The molecule has 0 atom stereocenters. The maximum atomic E-state index is 13.3. The van der Waals surface area contributed by atoms with Crippen LogP contribution in [0.4, 0.5) is 24.9 Å². The summed E-state index contributed by atoms with van der Waals surface area (Å²) >= 11 is 0. The van der Waals surface area contributed by atoms with Crippen LogP contribution in [0.2, 0.25) is 0 Å². The van der Waals surface area contributed by atoms with Gasteiger partial charge in [-0.3, -0.25) is 0 Å². The largest absolute Gasteiger partial charge is 0.493 e. The van der Waals surface area contributed by atoms with E-state index in [-0.39, 0.29) is 36.2 Å². The number of sulfonamides is 1. The molecule has 3 aromatic carbocycles. The molecule has 0 bridgehead atoms. The van der Waals surface area contributed by atoms with Gasteiger partial charge in [0.15, 0.2) is 11.5 Å². The van der Waals surface area contributed by atoms with E-state index in [1.54, 1.807) is 24.3 Å². The Balaban J connectivity index is 0.00000387. The lowest BCUT2D eigenvalue weighted by Crippen LogP contribution is -2.49. The highest BCUT2D eigenvalue weighted by Gasteiger charge is 2.31. The fraction of sp³-hybridized carbons (Fsp3) is 0.259. The average molecular weight is 610 g/mol. The Morgan fingerprint density at radius 2 is 1.37 bits per heavy atom. The van der Waals surface area contributed by atoms with Crippen molar-refractivity contribution in [2.24, 2.45) is 0 Å². The number of nitrogen functional groups attached to an aromatic ring is 1. The second-order valence-corrected chi connectivity index (χ2v) is 11.1. The number of aromatic nitrogens is 2. The predicted octanol–water partition coefficient (Wildman–Crippen LogP) is 4.85. The van der Waals surface area contributed by atoms with Crippen molar-refractivity contribution in [3.63, 3.8) is 0 Å². The van der Waals surface area contributed by atoms with Gasteiger partial charge in [0, 0.05) is 37.6 Å². The lowest BCUT2D eigenvalue weighted by atomic mass is 10.0. The summed E-state index contributed by atoms with van der Waals surface area (Å²) < 4.78 is 77.2. The Morgan fingerprint density at radius 3 is 1.90 bits per heavy atom. The van der Waals surface area contributed by atoms with Gasteiger partial charge in [0.1, 0.15) is 5.82 Å². The molecule has 4 aromatic rings. The number of hydrogen-bond donors (Lipinski definition) is 1. The van der Waals surface area contributed by atoms with Gasteiger partial charge < -0.3 is 20.1 Å². The van der Waals surface area contributed by atoms with Crippen molar-refractivity contribution in [3.05, 3.63) is 66.2 Å². The fourth-order valence-corrected chi connectivity index (χ4v) is 5.98. The number of piperazine rings is 1. The second-order valence-electron chi connectivity index (χ2n) is 9.12. The number of nitrogens with two attached hydrogens (primary N) is 1. The first-order valence-electron chi connectivity index (χ1n) is 12.2. The number of hydrogen-bond acceptors (Lipinski definition) is 8. The molecule has 14 heteroatoms. The van der Waals surface area contributed by atoms with E-state index in [1.165, 1.54) is 42.8 Å². The van der Waals surface area contributed by atoms with Crippen LogP contribution in [0.1, 0.15) is 5.56 Å². The fourth-order valence-electron chi connectivity index (χ4n) is 4.56.